The van der Waals surface area contributed by atoms with Crippen LogP contribution in [0.3, 0.4) is 0 Å². The van der Waals surface area contributed by atoms with Gasteiger partial charge in [0.25, 0.3) is 0 Å². The number of carbonyl (C=O) groups excluding carboxylic acids is 2. The van der Waals surface area contributed by atoms with Gasteiger partial charge in [-0.1, -0.05) is 47.5 Å². The number of aliphatic hydroxyl groups excluding tert-OH is 1. The van der Waals surface area contributed by atoms with Gasteiger partial charge < -0.3 is 15.3 Å². The van der Waals surface area contributed by atoms with Gasteiger partial charge >= 0.3 is 6.03 Å². The first-order chi connectivity index (χ1) is 17.9. The minimum Gasteiger partial charge on any atom is -0.391 e. The molecule has 8 nitrogen and oxygen atoms in total. The van der Waals surface area contributed by atoms with E-state index in [1.807, 2.05) is 41.8 Å². The molecule has 0 radical (unpaired) electrons. The van der Waals surface area contributed by atoms with E-state index in [2.05, 4.69) is 10.6 Å². The summed E-state index contributed by atoms with van der Waals surface area (Å²) in [4.78, 5) is 28.2. The molecule has 0 aliphatic carbocycles. The van der Waals surface area contributed by atoms with Crippen LogP contribution in [0.1, 0.15) is 12.0 Å². The molecule has 1 fully saturated rings. The summed E-state index contributed by atoms with van der Waals surface area (Å²) in [5.41, 5.74) is 2.56. The number of halogens is 2. The maximum absolute atomic E-state index is 12.9. The molecule has 5 rings (SSSR count). The van der Waals surface area contributed by atoms with Crippen molar-refractivity contribution in [2.45, 2.75) is 18.9 Å². The molecule has 11 heteroatoms. The van der Waals surface area contributed by atoms with E-state index in [0.29, 0.717) is 47.4 Å². The van der Waals surface area contributed by atoms with Crippen molar-refractivity contribution < 1.29 is 14.7 Å². The van der Waals surface area contributed by atoms with Crippen LogP contribution >= 0.6 is 34.5 Å². The molecular formula is C26H23Cl2N5O3S. The van der Waals surface area contributed by atoms with Gasteiger partial charge in [-0.3, -0.25) is 10.1 Å². The number of likely N-dealkylation sites (tertiary alicyclic amines) is 1. The van der Waals surface area contributed by atoms with Crippen molar-refractivity contribution in [3.05, 3.63) is 81.7 Å². The molecule has 3 heterocycles. The van der Waals surface area contributed by atoms with Crippen LogP contribution in [-0.2, 0) is 11.2 Å². The molecule has 2 aromatic heterocycles. The van der Waals surface area contributed by atoms with Crippen LogP contribution in [0.2, 0.25) is 10.0 Å². The highest BCUT2D eigenvalue weighted by Gasteiger charge is 2.24. The topological polar surface area (TPSA) is 99.5 Å². The molecular weight excluding hydrogens is 533 g/mol. The van der Waals surface area contributed by atoms with E-state index in [4.69, 9.17) is 28.3 Å². The number of aliphatic hydroxyl groups is 1. The average Bonchev–Trinajstić information content (AvgIpc) is 3.63. The maximum atomic E-state index is 12.9. The van der Waals surface area contributed by atoms with E-state index in [1.54, 1.807) is 33.8 Å². The van der Waals surface area contributed by atoms with Crippen LogP contribution < -0.4 is 10.6 Å². The summed E-state index contributed by atoms with van der Waals surface area (Å²) in [7, 11) is 0. The van der Waals surface area contributed by atoms with E-state index in [-0.39, 0.29) is 17.4 Å². The molecule has 1 unspecified atom stereocenters. The van der Waals surface area contributed by atoms with E-state index >= 15 is 0 Å². The minimum atomic E-state index is -0.512. The zero-order valence-corrected chi connectivity index (χ0v) is 21.9. The third-order valence-electron chi connectivity index (χ3n) is 5.95. The van der Waals surface area contributed by atoms with E-state index in [9.17, 15) is 14.7 Å². The van der Waals surface area contributed by atoms with Gasteiger partial charge in [-0.25, -0.2) is 9.48 Å². The van der Waals surface area contributed by atoms with Crippen LogP contribution in [0.15, 0.2) is 66.0 Å². The SMILES string of the molecule is O=C(Nc1cccc(Cl)c1Cl)Nc1cc(-c2cccs2)nn1-c1cccc(CC(=O)N2CCC(O)C2)c1. The molecule has 0 bridgehead atoms. The van der Waals surface area contributed by atoms with Gasteiger partial charge in [-0.05, 0) is 47.7 Å². The molecule has 37 heavy (non-hydrogen) atoms. The zero-order valence-electron chi connectivity index (χ0n) is 19.5. The Morgan fingerprint density at radius 3 is 2.68 bits per heavy atom. The number of amides is 3. The molecule has 1 aliphatic rings. The number of nitrogens with one attached hydrogen (secondary N) is 2. The lowest BCUT2D eigenvalue weighted by Gasteiger charge is -2.16. The lowest BCUT2D eigenvalue weighted by atomic mass is 10.1. The third kappa shape index (κ3) is 5.80. The van der Waals surface area contributed by atoms with Gasteiger partial charge in [0.2, 0.25) is 5.91 Å². The molecule has 1 aliphatic heterocycles. The number of hydrogen-bond acceptors (Lipinski definition) is 5. The summed E-state index contributed by atoms with van der Waals surface area (Å²) >= 11 is 13.8. The standard InChI is InChI=1S/C26H23Cl2N5O3S/c27-19-6-2-7-20(25(19)28)29-26(36)30-23-14-21(22-8-3-11-37-22)31-33(23)17-5-1-4-16(12-17)13-24(35)32-10-9-18(34)15-32/h1-8,11-12,14,18,34H,9-10,13,15H2,(H2,29,30,36). The number of carbonyl (C=O) groups is 2. The normalized spacial score (nSPS) is 15.1. The zero-order chi connectivity index (χ0) is 25.9. The molecule has 3 N–H and O–H groups in total. The Morgan fingerprint density at radius 1 is 1.08 bits per heavy atom. The number of nitrogens with zero attached hydrogens (tertiary/aromatic N) is 3. The lowest BCUT2D eigenvalue weighted by molar-refractivity contribution is -0.129. The Hall–Kier alpha value is -3.37. The van der Waals surface area contributed by atoms with Crippen LogP contribution in [-0.4, -0.2) is 50.9 Å². The first-order valence-electron chi connectivity index (χ1n) is 11.6. The van der Waals surface area contributed by atoms with Crippen LogP contribution in [0.4, 0.5) is 16.3 Å². The van der Waals surface area contributed by atoms with E-state index < -0.39 is 12.1 Å². The van der Waals surface area contributed by atoms with Crippen molar-refractivity contribution in [3.63, 3.8) is 0 Å². The summed E-state index contributed by atoms with van der Waals surface area (Å²) in [5.74, 6) is 0.398. The Balaban J connectivity index is 1.41. The number of hydrogen-bond donors (Lipinski definition) is 3. The smallest absolute Gasteiger partial charge is 0.324 e. The number of anilines is 2. The summed E-state index contributed by atoms with van der Waals surface area (Å²) in [6.07, 6.45) is 0.342. The van der Waals surface area contributed by atoms with Gasteiger partial charge in [0, 0.05) is 19.2 Å². The van der Waals surface area contributed by atoms with Crippen molar-refractivity contribution in [2.75, 3.05) is 23.7 Å². The third-order valence-corrected chi connectivity index (χ3v) is 7.66. The van der Waals surface area contributed by atoms with Gasteiger partial charge in [-0.15, -0.1) is 11.3 Å². The number of urea groups is 1. The number of thiophene rings is 1. The van der Waals surface area contributed by atoms with Crippen molar-refractivity contribution in [3.8, 4) is 16.3 Å². The predicted molar refractivity (Wildman–Crippen MR) is 147 cm³/mol. The van der Waals surface area contributed by atoms with Crippen molar-refractivity contribution in [1.82, 2.24) is 14.7 Å². The highest BCUT2D eigenvalue weighted by Crippen LogP contribution is 2.31. The Labute approximate surface area is 227 Å². The fourth-order valence-corrected chi connectivity index (χ4v) is 5.16. The Bertz CT molecular complexity index is 1440. The van der Waals surface area contributed by atoms with E-state index in [1.165, 1.54) is 11.3 Å². The quantitative estimate of drug-likeness (QED) is 0.284. The number of aromatic nitrogens is 2. The average molecular weight is 556 g/mol. The number of β-amino-alcohol motifs (C(OH)–C–C–N with tert-alkyl or cyclic N) is 1. The van der Waals surface area contributed by atoms with Crippen LogP contribution in [0, 0.1) is 0 Å². The first kappa shape index (κ1) is 25.3. The summed E-state index contributed by atoms with van der Waals surface area (Å²) in [6, 6.07) is 17.6. The fraction of sp³-hybridized carbons (Fsp3) is 0.192. The summed E-state index contributed by atoms with van der Waals surface area (Å²) < 4.78 is 1.63. The van der Waals surface area contributed by atoms with Gasteiger partial charge in [0.1, 0.15) is 11.5 Å². The molecule has 1 saturated heterocycles. The van der Waals surface area contributed by atoms with E-state index in [0.717, 1.165) is 10.4 Å². The second-order valence-electron chi connectivity index (χ2n) is 8.61. The second kappa shape index (κ2) is 10.9. The molecule has 1 atom stereocenters. The van der Waals surface area contributed by atoms with Crippen LogP contribution in [0.5, 0.6) is 0 Å². The van der Waals surface area contributed by atoms with Gasteiger partial charge in [0.15, 0.2) is 0 Å². The highest BCUT2D eigenvalue weighted by atomic mass is 35.5. The Kier molecular flexibility index (Phi) is 7.48. The van der Waals surface area contributed by atoms with Gasteiger partial charge in [-0.2, -0.15) is 5.10 Å². The molecule has 3 amide bonds. The summed E-state index contributed by atoms with van der Waals surface area (Å²) in [6.45, 7) is 0.921. The minimum absolute atomic E-state index is 0.0374. The van der Waals surface area contributed by atoms with Crippen molar-refractivity contribution in [1.29, 1.82) is 0 Å². The molecule has 190 valence electrons. The van der Waals surface area contributed by atoms with Crippen molar-refractivity contribution in [2.24, 2.45) is 0 Å². The Morgan fingerprint density at radius 2 is 1.92 bits per heavy atom. The second-order valence-corrected chi connectivity index (χ2v) is 10.3. The number of benzene rings is 2. The molecule has 4 aromatic rings. The predicted octanol–water partition coefficient (Wildman–Crippen LogP) is 5.69. The largest absolute Gasteiger partial charge is 0.391 e. The highest BCUT2D eigenvalue weighted by molar-refractivity contribution is 7.13. The first-order valence-corrected chi connectivity index (χ1v) is 13.2. The fourth-order valence-electron chi connectivity index (χ4n) is 4.13. The maximum Gasteiger partial charge on any atom is 0.324 e. The monoisotopic (exact) mass is 555 g/mol. The molecule has 0 spiro atoms. The van der Waals surface area contributed by atoms with Gasteiger partial charge in [0.05, 0.1) is 38.8 Å². The van der Waals surface area contributed by atoms with Crippen LogP contribution in [0.25, 0.3) is 16.3 Å². The lowest BCUT2D eigenvalue weighted by Crippen LogP contribution is -2.30. The summed E-state index contributed by atoms with van der Waals surface area (Å²) in [5, 5.41) is 22.6. The number of rotatable bonds is 6. The molecule has 2 aromatic carbocycles. The molecule has 0 saturated carbocycles. The van der Waals surface area contributed by atoms with Crippen molar-refractivity contribution >= 4 is 58.0 Å².